The number of aryl methyl sites for hydroxylation is 2. The molecule has 110 valence electrons. The molecular formula is C18H21NOS. The molecule has 0 aliphatic heterocycles. The van der Waals surface area contributed by atoms with Gasteiger partial charge in [0.05, 0.1) is 0 Å². The van der Waals surface area contributed by atoms with Gasteiger partial charge in [-0.05, 0) is 36.6 Å². The van der Waals surface area contributed by atoms with Crippen molar-refractivity contribution in [2.75, 3.05) is 11.1 Å². The first-order chi connectivity index (χ1) is 10.1. The molecule has 1 amide bonds. The SMILES string of the molecule is Cc1ccc(C)c(NC(=O)CCSCc2ccccc2)c1. The number of carbonyl (C=O) groups is 1. The highest BCUT2D eigenvalue weighted by atomic mass is 32.2. The van der Waals surface area contributed by atoms with Gasteiger partial charge in [-0.1, -0.05) is 42.5 Å². The van der Waals surface area contributed by atoms with Crippen molar-refractivity contribution in [3.63, 3.8) is 0 Å². The van der Waals surface area contributed by atoms with E-state index in [2.05, 4.69) is 23.5 Å². The topological polar surface area (TPSA) is 29.1 Å². The Kier molecular flexibility index (Phi) is 5.88. The minimum absolute atomic E-state index is 0.0873. The molecule has 0 radical (unpaired) electrons. The first-order valence-electron chi connectivity index (χ1n) is 7.14. The van der Waals surface area contributed by atoms with E-state index in [-0.39, 0.29) is 5.91 Å². The lowest BCUT2D eigenvalue weighted by Gasteiger charge is -2.09. The molecule has 0 heterocycles. The molecule has 0 aliphatic carbocycles. The number of hydrogen-bond donors (Lipinski definition) is 1. The molecule has 0 saturated heterocycles. The highest BCUT2D eigenvalue weighted by Gasteiger charge is 2.05. The van der Waals surface area contributed by atoms with Crippen LogP contribution < -0.4 is 5.32 Å². The van der Waals surface area contributed by atoms with Crippen molar-refractivity contribution in [3.8, 4) is 0 Å². The Labute approximate surface area is 131 Å². The molecule has 0 spiro atoms. The second-order valence-electron chi connectivity index (χ2n) is 5.15. The molecule has 1 N–H and O–H groups in total. The summed E-state index contributed by atoms with van der Waals surface area (Å²) in [5, 5.41) is 3.00. The minimum atomic E-state index is 0.0873. The second-order valence-corrected chi connectivity index (χ2v) is 6.26. The number of amides is 1. The molecule has 2 rings (SSSR count). The minimum Gasteiger partial charge on any atom is -0.326 e. The Balaban J connectivity index is 1.74. The Morgan fingerprint density at radius 3 is 2.62 bits per heavy atom. The third kappa shape index (κ3) is 5.27. The molecule has 0 saturated carbocycles. The van der Waals surface area contributed by atoms with Gasteiger partial charge in [0.15, 0.2) is 0 Å². The van der Waals surface area contributed by atoms with Gasteiger partial charge >= 0.3 is 0 Å². The number of carbonyl (C=O) groups excluding carboxylic acids is 1. The van der Waals surface area contributed by atoms with Crippen LogP contribution in [0.3, 0.4) is 0 Å². The van der Waals surface area contributed by atoms with Crippen LogP contribution in [0.2, 0.25) is 0 Å². The molecule has 0 aliphatic rings. The molecule has 2 aromatic carbocycles. The van der Waals surface area contributed by atoms with E-state index in [0.29, 0.717) is 6.42 Å². The highest BCUT2D eigenvalue weighted by molar-refractivity contribution is 7.98. The molecule has 0 fully saturated rings. The first-order valence-corrected chi connectivity index (χ1v) is 8.29. The summed E-state index contributed by atoms with van der Waals surface area (Å²) in [5.74, 6) is 1.88. The smallest absolute Gasteiger partial charge is 0.225 e. The Bertz CT molecular complexity index is 595. The lowest BCUT2D eigenvalue weighted by Crippen LogP contribution is -2.13. The lowest BCUT2D eigenvalue weighted by molar-refractivity contribution is -0.115. The van der Waals surface area contributed by atoms with Gasteiger partial charge < -0.3 is 5.32 Å². The van der Waals surface area contributed by atoms with Gasteiger partial charge in [0.1, 0.15) is 0 Å². The van der Waals surface area contributed by atoms with Gasteiger partial charge in [-0.15, -0.1) is 0 Å². The lowest BCUT2D eigenvalue weighted by atomic mass is 10.1. The highest BCUT2D eigenvalue weighted by Crippen LogP contribution is 2.17. The monoisotopic (exact) mass is 299 g/mol. The molecule has 2 aromatic rings. The van der Waals surface area contributed by atoms with Crippen molar-refractivity contribution in [1.29, 1.82) is 0 Å². The summed E-state index contributed by atoms with van der Waals surface area (Å²) in [6.45, 7) is 4.05. The molecular weight excluding hydrogens is 278 g/mol. The second kappa shape index (κ2) is 7.89. The van der Waals surface area contributed by atoms with Crippen molar-refractivity contribution in [2.24, 2.45) is 0 Å². The van der Waals surface area contributed by atoms with Crippen LogP contribution >= 0.6 is 11.8 Å². The largest absolute Gasteiger partial charge is 0.326 e. The van der Waals surface area contributed by atoms with Crippen LogP contribution in [0.1, 0.15) is 23.1 Å². The van der Waals surface area contributed by atoms with Gasteiger partial charge in [0.2, 0.25) is 5.91 Å². The predicted octanol–water partition coefficient (Wildman–Crippen LogP) is 4.57. The van der Waals surface area contributed by atoms with Crippen molar-refractivity contribution in [2.45, 2.75) is 26.0 Å². The maximum Gasteiger partial charge on any atom is 0.225 e. The maximum atomic E-state index is 12.0. The zero-order valence-corrected chi connectivity index (χ0v) is 13.4. The van der Waals surface area contributed by atoms with E-state index in [0.717, 1.165) is 28.3 Å². The van der Waals surface area contributed by atoms with E-state index in [9.17, 15) is 4.79 Å². The number of thioether (sulfide) groups is 1. The summed E-state index contributed by atoms with van der Waals surface area (Å²) in [4.78, 5) is 12.0. The van der Waals surface area contributed by atoms with Crippen molar-refractivity contribution in [1.82, 2.24) is 0 Å². The van der Waals surface area contributed by atoms with Gasteiger partial charge in [-0.2, -0.15) is 11.8 Å². The molecule has 0 aromatic heterocycles. The van der Waals surface area contributed by atoms with Crippen molar-refractivity contribution >= 4 is 23.4 Å². The van der Waals surface area contributed by atoms with Crippen LogP contribution in [0.5, 0.6) is 0 Å². The molecule has 0 bridgehead atoms. The molecule has 2 nitrogen and oxygen atoms in total. The third-order valence-corrected chi connectivity index (χ3v) is 4.28. The van der Waals surface area contributed by atoms with E-state index < -0.39 is 0 Å². The standard InChI is InChI=1S/C18H21NOS/c1-14-8-9-15(2)17(12-14)19-18(20)10-11-21-13-16-6-4-3-5-7-16/h3-9,12H,10-11,13H2,1-2H3,(H,19,20). The quantitative estimate of drug-likeness (QED) is 0.792. The molecule has 0 unspecified atom stereocenters. The Hall–Kier alpha value is -1.74. The average molecular weight is 299 g/mol. The molecule has 0 atom stereocenters. The zero-order chi connectivity index (χ0) is 15.1. The van der Waals surface area contributed by atoms with Crippen LogP contribution in [0.4, 0.5) is 5.69 Å². The Morgan fingerprint density at radius 1 is 1.10 bits per heavy atom. The summed E-state index contributed by atoms with van der Waals surface area (Å²) < 4.78 is 0. The summed E-state index contributed by atoms with van der Waals surface area (Å²) in [6.07, 6.45) is 0.547. The summed E-state index contributed by atoms with van der Waals surface area (Å²) in [7, 11) is 0. The molecule has 21 heavy (non-hydrogen) atoms. The third-order valence-electron chi connectivity index (χ3n) is 3.25. The predicted molar refractivity (Wildman–Crippen MR) is 91.8 cm³/mol. The van der Waals surface area contributed by atoms with Gasteiger partial charge in [0, 0.05) is 23.6 Å². The maximum absolute atomic E-state index is 12.0. The fourth-order valence-corrected chi connectivity index (χ4v) is 2.91. The fraction of sp³-hybridized carbons (Fsp3) is 0.278. The van der Waals surface area contributed by atoms with E-state index in [1.807, 2.05) is 44.2 Å². The Morgan fingerprint density at radius 2 is 1.86 bits per heavy atom. The number of rotatable bonds is 6. The summed E-state index contributed by atoms with van der Waals surface area (Å²) >= 11 is 1.79. The van der Waals surface area contributed by atoms with Gasteiger partial charge in [-0.3, -0.25) is 4.79 Å². The average Bonchev–Trinajstić information content (AvgIpc) is 2.48. The van der Waals surface area contributed by atoms with E-state index in [4.69, 9.17) is 0 Å². The number of anilines is 1. The van der Waals surface area contributed by atoms with Crippen LogP contribution in [0.15, 0.2) is 48.5 Å². The van der Waals surface area contributed by atoms with E-state index in [1.54, 1.807) is 11.8 Å². The van der Waals surface area contributed by atoms with Crippen LogP contribution in [-0.2, 0) is 10.5 Å². The molecule has 3 heteroatoms. The van der Waals surface area contributed by atoms with Gasteiger partial charge in [-0.25, -0.2) is 0 Å². The first kappa shape index (κ1) is 15.6. The summed E-state index contributed by atoms with van der Waals surface area (Å²) in [5.41, 5.74) is 4.49. The van der Waals surface area contributed by atoms with Crippen LogP contribution in [0, 0.1) is 13.8 Å². The fourth-order valence-electron chi connectivity index (χ4n) is 2.01. The normalized spacial score (nSPS) is 10.4. The van der Waals surface area contributed by atoms with Crippen molar-refractivity contribution in [3.05, 3.63) is 65.2 Å². The van der Waals surface area contributed by atoms with E-state index >= 15 is 0 Å². The van der Waals surface area contributed by atoms with Crippen LogP contribution in [-0.4, -0.2) is 11.7 Å². The van der Waals surface area contributed by atoms with Crippen LogP contribution in [0.25, 0.3) is 0 Å². The van der Waals surface area contributed by atoms with E-state index in [1.165, 1.54) is 5.56 Å². The number of benzene rings is 2. The van der Waals surface area contributed by atoms with Crippen molar-refractivity contribution < 1.29 is 4.79 Å². The summed E-state index contributed by atoms with van der Waals surface area (Å²) in [6, 6.07) is 16.4. The number of hydrogen-bond acceptors (Lipinski definition) is 2. The zero-order valence-electron chi connectivity index (χ0n) is 12.6. The van der Waals surface area contributed by atoms with Gasteiger partial charge in [0.25, 0.3) is 0 Å². The number of nitrogens with one attached hydrogen (secondary N) is 1.